The standard InChI is InChI=1S/C46H51BrN5O8P/c1-30(2)52(31(3)4)61(55)59-28-33(26-48)39-25-42(51-27-40(47)43(50-45(51)54)49-44(53)32-13-9-7-10-14-32)60-41(39)29-58-46(34-15-11-8-12-16-34,35-17-21-37(56-5)22-18-35)36-19-23-38(57-6)24-20-36/h7-24,27,30-31,33,39,41-42,55H,25,28-29H2,1-6H3,(H,49,50,53,54)/t33-,39-,41+,42+,61?/m0/s1. The molecule has 320 valence electrons. The number of methoxy groups -OCH3 is 2. The topological polar surface area (TPSA) is 157 Å². The molecule has 61 heavy (non-hydrogen) atoms. The highest BCUT2D eigenvalue weighted by Crippen LogP contribution is 2.46. The number of aromatic nitrogens is 2. The first kappa shape index (κ1) is 45.6. The Labute approximate surface area is 366 Å². The molecule has 1 aliphatic heterocycles. The monoisotopic (exact) mass is 911 g/mol. The van der Waals surface area contributed by atoms with E-state index in [0.717, 1.165) is 16.7 Å². The average molecular weight is 913 g/mol. The predicted molar refractivity (Wildman–Crippen MR) is 237 cm³/mol. The molecular formula is C46H51BrN5O8P. The zero-order chi connectivity index (χ0) is 43.7. The Bertz CT molecular complexity index is 2250. The Morgan fingerprint density at radius 3 is 2.00 bits per heavy atom. The lowest BCUT2D eigenvalue weighted by molar-refractivity contribution is -0.0880. The van der Waals surface area contributed by atoms with Crippen LogP contribution in [-0.2, 0) is 19.6 Å². The van der Waals surface area contributed by atoms with E-state index in [2.05, 4.69) is 32.3 Å². The maximum absolute atomic E-state index is 13.8. The summed E-state index contributed by atoms with van der Waals surface area (Å²) < 4.78 is 34.7. The van der Waals surface area contributed by atoms with E-state index in [9.17, 15) is 19.7 Å². The van der Waals surface area contributed by atoms with Crippen molar-refractivity contribution in [1.29, 1.82) is 5.26 Å². The van der Waals surface area contributed by atoms with Crippen molar-refractivity contribution in [2.45, 2.75) is 64.1 Å². The molecule has 0 saturated carbocycles. The number of nitriles is 1. The summed E-state index contributed by atoms with van der Waals surface area (Å²) in [5, 5.41) is 13.4. The normalized spacial score (nSPS) is 17.6. The van der Waals surface area contributed by atoms with Crippen LogP contribution in [0.25, 0.3) is 0 Å². The van der Waals surface area contributed by atoms with Gasteiger partial charge < -0.3 is 33.7 Å². The third kappa shape index (κ3) is 10.4. The van der Waals surface area contributed by atoms with Gasteiger partial charge in [-0.2, -0.15) is 10.2 Å². The molecule has 13 nitrogen and oxygen atoms in total. The quantitative estimate of drug-likeness (QED) is 0.0641. The molecule has 15 heteroatoms. The van der Waals surface area contributed by atoms with Crippen molar-refractivity contribution in [3.05, 3.63) is 153 Å². The Balaban J connectivity index is 1.38. The van der Waals surface area contributed by atoms with Gasteiger partial charge in [-0.25, -0.2) is 9.46 Å². The number of anilines is 1. The smallest absolute Gasteiger partial charge is 0.351 e. The van der Waals surface area contributed by atoms with Gasteiger partial charge in [0.2, 0.25) is 0 Å². The van der Waals surface area contributed by atoms with Crippen LogP contribution < -0.4 is 20.5 Å². The number of carbonyl (C=O) groups excluding carboxylic acids is 1. The van der Waals surface area contributed by atoms with Crippen LogP contribution in [0.2, 0.25) is 0 Å². The number of nitrogens with zero attached hydrogens (tertiary/aromatic N) is 4. The second-order valence-electron chi connectivity index (χ2n) is 15.1. The molecule has 1 aliphatic rings. The maximum Gasteiger partial charge on any atom is 0.351 e. The van der Waals surface area contributed by atoms with Gasteiger partial charge >= 0.3 is 5.69 Å². The summed E-state index contributed by atoms with van der Waals surface area (Å²) in [6.07, 6.45) is 0.107. The molecule has 1 saturated heterocycles. The van der Waals surface area contributed by atoms with E-state index in [0.29, 0.717) is 21.5 Å². The Morgan fingerprint density at radius 2 is 1.48 bits per heavy atom. The fourth-order valence-corrected chi connectivity index (χ4v) is 9.39. The number of hydrogen-bond acceptors (Lipinski definition) is 11. The zero-order valence-corrected chi connectivity index (χ0v) is 37.5. The lowest BCUT2D eigenvalue weighted by Gasteiger charge is -2.37. The van der Waals surface area contributed by atoms with Gasteiger partial charge in [0, 0.05) is 29.8 Å². The minimum atomic E-state index is -2.02. The van der Waals surface area contributed by atoms with E-state index in [1.54, 1.807) is 44.6 Å². The summed E-state index contributed by atoms with van der Waals surface area (Å²) >= 11 is 3.50. The van der Waals surface area contributed by atoms with E-state index in [4.69, 9.17) is 23.5 Å². The van der Waals surface area contributed by atoms with Crippen LogP contribution in [0.5, 0.6) is 11.5 Å². The lowest BCUT2D eigenvalue weighted by Crippen LogP contribution is -2.38. The lowest BCUT2D eigenvalue weighted by atomic mass is 9.79. The van der Waals surface area contributed by atoms with Crippen LogP contribution in [-0.4, -0.2) is 70.6 Å². The molecule has 2 N–H and O–H groups in total. The number of halogens is 1. The highest BCUT2D eigenvalue weighted by atomic mass is 79.9. The highest BCUT2D eigenvalue weighted by molar-refractivity contribution is 9.10. The molecular weight excluding hydrogens is 861 g/mol. The number of rotatable bonds is 18. The SMILES string of the molecule is COc1ccc(C(OC[C@H]2O[C@@H](n3cc(Br)c(NC(=O)c4ccccc4)nc3=O)C[C@H]2[C@@H](C#N)COP(O)N(C(C)C)C(C)C)(c2ccccc2)c2ccc(OC)cc2)cc1. The summed E-state index contributed by atoms with van der Waals surface area (Å²) in [6, 6.07) is 36.2. The number of carbonyl (C=O) groups is 1. The molecule has 5 aromatic rings. The van der Waals surface area contributed by atoms with Crippen LogP contribution in [0, 0.1) is 23.2 Å². The summed E-state index contributed by atoms with van der Waals surface area (Å²) in [6.45, 7) is 7.80. The third-order valence-electron chi connectivity index (χ3n) is 10.7. The molecule has 2 heterocycles. The van der Waals surface area contributed by atoms with Crippen LogP contribution in [0.4, 0.5) is 5.82 Å². The Hall–Kier alpha value is -4.97. The van der Waals surface area contributed by atoms with Gasteiger partial charge in [-0.05, 0) is 103 Å². The molecule has 6 rings (SSSR count). The van der Waals surface area contributed by atoms with Crippen molar-refractivity contribution in [3.63, 3.8) is 0 Å². The van der Waals surface area contributed by atoms with Crippen LogP contribution in [0.1, 0.15) is 67.4 Å². The number of nitrogens with one attached hydrogen (secondary N) is 1. The van der Waals surface area contributed by atoms with Crippen molar-refractivity contribution in [3.8, 4) is 17.6 Å². The van der Waals surface area contributed by atoms with Crippen molar-refractivity contribution in [2.24, 2.45) is 11.8 Å². The largest absolute Gasteiger partial charge is 0.497 e. The molecule has 1 amide bonds. The van der Waals surface area contributed by atoms with Crippen molar-refractivity contribution >= 4 is 36.2 Å². The van der Waals surface area contributed by atoms with E-state index < -0.39 is 49.9 Å². The second kappa shape index (κ2) is 20.7. The maximum atomic E-state index is 13.8. The number of benzene rings is 4. The highest BCUT2D eigenvalue weighted by Gasteiger charge is 2.45. The summed E-state index contributed by atoms with van der Waals surface area (Å²) in [7, 11) is 1.20. The van der Waals surface area contributed by atoms with Crippen LogP contribution >= 0.6 is 24.5 Å². The average Bonchev–Trinajstić information content (AvgIpc) is 3.69. The molecule has 5 atom stereocenters. The molecule has 1 aromatic heterocycles. The van der Waals surface area contributed by atoms with Gasteiger partial charge in [0.25, 0.3) is 14.4 Å². The summed E-state index contributed by atoms with van der Waals surface area (Å²) in [5.41, 5.74) is 0.993. The van der Waals surface area contributed by atoms with Crippen molar-refractivity contribution in [1.82, 2.24) is 14.2 Å². The van der Waals surface area contributed by atoms with Crippen LogP contribution in [0.3, 0.4) is 0 Å². The second-order valence-corrected chi connectivity index (χ2v) is 17.2. The predicted octanol–water partition coefficient (Wildman–Crippen LogP) is 8.68. The zero-order valence-electron chi connectivity index (χ0n) is 35.0. The molecule has 1 fully saturated rings. The molecule has 1 unspecified atom stereocenters. The van der Waals surface area contributed by atoms with E-state index in [-0.39, 0.29) is 37.5 Å². The number of ether oxygens (including phenoxy) is 4. The first-order valence-electron chi connectivity index (χ1n) is 20.0. The molecule has 0 spiro atoms. The van der Waals surface area contributed by atoms with Gasteiger partial charge in [-0.15, -0.1) is 0 Å². The van der Waals surface area contributed by atoms with Gasteiger partial charge in [-0.3, -0.25) is 9.36 Å². The van der Waals surface area contributed by atoms with E-state index >= 15 is 0 Å². The first-order valence-corrected chi connectivity index (χ1v) is 21.9. The third-order valence-corrected chi connectivity index (χ3v) is 13.0. The van der Waals surface area contributed by atoms with Crippen molar-refractivity contribution in [2.75, 3.05) is 32.8 Å². The molecule has 0 bridgehead atoms. The van der Waals surface area contributed by atoms with Gasteiger partial charge in [-0.1, -0.05) is 72.8 Å². The van der Waals surface area contributed by atoms with E-state index in [1.165, 1.54) is 10.8 Å². The summed E-state index contributed by atoms with van der Waals surface area (Å²) in [4.78, 5) is 42.2. The number of amides is 1. The fourth-order valence-electron chi connectivity index (χ4n) is 7.76. The van der Waals surface area contributed by atoms with Gasteiger partial charge in [0.15, 0.2) is 5.82 Å². The minimum absolute atomic E-state index is 0.00252. The molecule has 0 aliphatic carbocycles. The Kier molecular flexibility index (Phi) is 15.5. The Morgan fingerprint density at radius 1 is 0.934 bits per heavy atom. The molecule has 4 aromatic carbocycles. The van der Waals surface area contributed by atoms with Gasteiger partial charge in [0.05, 0.1) is 50.0 Å². The van der Waals surface area contributed by atoms with E-state index in [1.807, 2.05) is 111 Å². The van der Waals surface area contributed by atoms with Crippen LogP contribution in [0.15, 0.2) is 125 Å². The number of hydrogen-bond donors (Lipinski definition) is 2. The van der Waals surface area contributed by atoms with Gasteiger partial charge in [0.1, 0.15) is 23.3 Å². The minimum Gasteiger partial charge on any atom is -0.497 e. The molecule has 0 radical (unpaired) electrons. The first-order chi connectivity index (χ1) is 29.4. The summed E-state index contributed by atoms with van der Waals surface area (Å²) in [5.74, 6) is -0.337. The van der Waals surface area contributed by atoms with Crippen molar-refractivity contribution < 1.29 is 33.2 Å². The fraction of sp³-hybridized carbons (Fsp3) is 0.348.